The van der Waals surface area contributed by atoms with Crippen molar-refractivity contribution in [1.82, 2.24) is 9.88 Å². The van der Waals surface area contributed by atoms with Gasteiger partial charge in [-0.1, -0.05) is 17.7 Å². The molecular formula is C19H19ClN4O2. The number of aliphatic hydroxyl groups excluding tert-OH is 1. The predicted molar refractivity (Wildman–Crippen MR) is 102 cm³/mol. The van der Waals surface area contributed by atoms with E-state index in [1.54, 1.807) is 43.7 Å². The van der Waals surface area contributed by atoms with E-state index in [9.17, 15) is 9.90 Å². The van der Waals surface area contributed by atoms with Crippen molar-refractivity contribution >= 4 is 29.0 Å². The molecule has 26 heavy (non-hydrogen) atoms. The van der Waals surface area contributed by atoms with Crippen molar-refractivity contribution in [2.24, 2.45) is 4.99 Å². The number of likely N-dealkylation sites (N-methyl/N-ethyl adjacent to an activating group) is 1. The number of halogens is 1. The van der Waals surface area contributed by atoms with E-state index in [2.05, 4.69) is 15.3 Å². The lowest BCUT2D eigenvalue weighted by molar-refractivity contribution is -0.112. The largest absolute Gasteiger partial charge is 0.511 e. The first-order chi connectivity index (χ1) is 12.5. The van der Waals surface area contributed by atoms with E-state index >= 15 is 0 Å². The Hall–Kier alpha value is -2.86. The molecule has 7 heteroatoms. The lowest BCUT2D eigenvalue weighted by Crippen LogP contribution is -2.40. The smallest absolute Gasteiger partial charge is 0.262 e. The summed E-state index contributed by atoms with van der Waals surface area (Å²) in [5.74, 6) is 0.0139. The number of nitrogens with one attached hydrogen (secondary N) is 1. The zero-order chi connectivity index (χ0) is 18.7. The lowest BCUT2D eigenvalue weighted by atomic mass is 9.94. The molecule has 0 aliphatic carbocycles. The van der Waals surface area contributed by atoms with E-state index in [0.717, 1.165) is 5.56 Å². The molecular weight excluding hydrogens is 352 g/mol. The highest BCUT2D eigenvalue weighted by atomic mass is 35.5. The van der Waals surface area contributed by atoms with Crippen LogP contribution in [0.3, 0.4) is 0 Å². The van der Waals surface area contributed by atoms with Crippen LogP contribution in [0.5, 0.6) is 0 Å². The van der Waals surface area contributed by atoms with Crippen LogP contribution in [-0.2, 0) is 4.79 Å². The normalized spacial score (nSPS) is 19.0. The van der Waals surface area contributed by atoms with Crippen molar-refractivity contribution in [1.29, 1.82) is 0 Å². The number of rotatable bonds is 3. The average molecular weight is 371 g/mol. The fourth-order valence-corrected chi connectivity index (χ4v) is 3.14. The summed E-state index contributed by atoms with van der Waals surface area (Å²) in [6.07, 6.45) is 3.74. The summed E-state index contributed by atoms with van der Waals surface area (Å²) in [4.78, 5) is 23.0. The highest BCUT2D eigenvalue weighted by Gasteiger charge is 2.34. The van der Waals surface area contributed by atoms with Crippen LogP contribution in [0.25, 0.3) is 0 Å². The molecule has 1 unspecified atom stereocenters. The van der Waals surface area contributed by atoms with Gasteiger partial charge in [-0.25, -0.2) is 0 Å². The lowest BCUT2D eigenvalue weighted by Gasteiger charge is -2.36. The number of amidine groups is 1. The maximum atomic E-state index is 12.7. The monoisotopic (exact) mass is 370 g/mol. The minimum atomic E-state index is -0.415. The fourth-order valence-electron chi connectivity index (χ4n) is 3.02. The summed E-state index contributed by atoms with van der Waals surface area (Å²) < 4.78 is 0. The van der Waals surface area contributed by atoms with Crippen molar-refractivity contribution in [2.45, 2.75) is 12.5 Å². The third kappa shape index (κ3) is 3.55. The molecule has 0 fully saturated rings. The number of aliphatic hydroxyl groups is 1. The van der Waals surface area contributed by atoms with Gasteiger partial charge in [0.1, 0.15) is 17.2 Å². The summed E-state index contributed by atoms with van der Waals surface area (Å²) in [6.45, 7) is 0. The maximum absolute atomic E-state index is 12.7. The second kappa shape index (κ2) is 7.58. The molecule has 0 saturated heterocycles. The SMILES string of the molecule is CN=C1C(C(=O)Nc2ccc(Cl)cc2)=C(O)CC(c2cccnc2)N1C. The first-order valence-corrected chi connectivity index (χ1v) is 8.48. The van der Waals surface area contributed by atoms with Gasteiger partial charge in [0.25, 0.3) is 5.91 Å². The van der Waals surface area contributed by atoms with Crippen LogP contribution in [0.2, 0.25) is 5.02 Å². The number of pyridine rings is 1. The number of aliphatic imine (C=N–C) groups is 1. The van der Waals surface area contributed by atoms with Gasteiger partial charge >= 0.3 is 0 Å². The quantitative estimate of drug-likeness (QED) is 0.865. The Balaban J connectivity index is 1.90. The van der Waals surface area contributed by atoms with E-state index in [0.29, 0.717) is 23.0 Å². The Labute approximate surface area is 156 Å². The Morgan fingerprint density at radius 2 is 2.08 bits per heavy atom. The summed E-state index contributed by atoms with van der Waals surface area (Å²) in [6, 6.07) is 10.4. The van der Waals surface area contributed by atoms with E-state index in [1.165, 1.54) is 0 Å². The van der Waals surface area contributed by atoms with Gasteiger partial charge in [-0.3, -0.25) is 14.8 Å². The van der Waals surface area contributed by atoms with Gasteiger partial charge in [0.05, 0.1) is 6.04 Å². The number of anilines is 1. The van der Waals surface area contributed by atoms with Crippen LogP contribution in [0.15, 0.2) is 65.1 Å². The molecule has 3 rings (SSSR count). The van der Waals surface area contributed by atoms with E-state index < -0.39 is 5.91 Å². The van der Waals surface area contributed by atoms with Crippen LogP contribution in [0.1, 0.15) is 18.0 Å². The standard InChI is InChI=1S/C19H19ClN4O2/c1-21-18-17(19(26)23-14-7-5-13(20)6-8-14)16(25)10-15(24(18)2)12-4-3-9-22-11-12/h3-9,11,15,25H,10H2,1-2H3,(H,23,26). The first kappa shape index (κ1) is 17.9. The van der Waals surface area contributed by atoms with Crippen LogP contribution in [0, 0.1) is 0 Å². The summed E-state index contributed by atoms with van der Waals surface area (Å²) >= 11 is 5.87. The summed E-state index contributed by atoms with van der Waals surface area (Å²) in [5, 5.41) is 13.9. The van der Waals surface area contributed by atoms with Crippen molar-refractivity contribution in [2.75, 3.05) is 19.4 Å². The van der Waals surface area contributed by atoms with Crippen molar-refractivity contribution in [3.05, 3.63) is 70.7 Å². The van der Waals surface area contributed by atoms with E-state index in [4.69, 9.17) is 11.6 Å². The molecule has 0 bridgehead atoms. The van der Waals surface area contributed by atoms with Gasteiger partial charge in [-0.15, -0.1) is 0 Å². The second-order valence-electron chi connectivity index (χ2n) is 5.95. The number of hydrogen-bond donors (Lipinski definition) is 2. The van der Waals surface area contributed by atoms with Crippen LogP contribution >= 0.6 is 11.6 Å². The van der Waals surface area contributed by atoms with Gasteiger partial charge in [-0.05, 0) is 35.9 Å². The number of carbonyl (C=O) groups excluding carboxylic acids is 1. The van der Waals surface area contributed by atoms with Crippen molar-refractivity contribution in [3.63, 3.8) is 0 Å². The molecule has 1 aliphatic rings. The van der Waals surface area contributed by atoms with Crippen LogP contribution < -0.4 is 5.32 Å². The maximum Gasteiger partial charge on any atom is 0.262 e. The van der Waals surface area contributed by atoms with Gasteiger partial charge in [0.2, 0.25) is 0 Å². The molecule has 0 saturated carbocycles. The van der Waals surface area contributed by atoms with Crippen LogP contribution in [0.4, 0.5) is 5.69 Å². The molecule has 134 valence electrons. The Kier molecular flexibility index (Phi) is 5.23. The zero-order valence-electron chi connectivity index (χ0n) is 14.5. The molecule has 2 heterocycles. The van der Waals surface area contributed by atoms with E-state index in [1.807, 2.05) is 24.1 Å². The number of carbonyl (C=O) groups is 1. The minimum Gasteiger partial charge on any atom is -0.511 e. The number of amides is 1. The number of benzene rings is 1. The highest BCUT2D eigenvalue weighted by Crippen LogP contribution is 2.33. The molecule has 1 aliphatic heterocycles. The average Bonchev–Trinajstić information content (AvgIpc) is 2.65. The zero-order valence-corrected chi connectivity index (χ0v) is 15.2. The fraction of sp³-hybridized carbons (Fsp3) is 0.211. The molecule has 1 aromatic carbocycles. The molecule has 6 nitrogen and oxygen atoms in total. The molecule has 0 spiro atoms. The van der Waals surface area contributed by atoms with Crippen LogP contribution in [-0.4, -0.2) is 40.8 Å². The molecule has 1 aromatic heterocycles. The second-order valence-corrected chi connectivity index (χ2v) is 6.38. The number of aromatic nitrogens is 1. The molecule has 2 N–H and O–H groups in total. The van der Waals surface area contributed by atoms with Gasteiger partial charge in [-0.2, -0.15) is 0 Å². The summed E-state index contributed by atoms with van der Waals surface area (Å²) in [5.41, 5.74) is 1.71. The highest BCUT2D eigenvalue weighted by molar-refractivity contribution is 6.30. The Morgan fingerprint density at radius 1 is 1.35 bits per heavy atom. The van der Waals surface area contributed by atoms with Crippen molar-refractivity contribution in [3.8, 4) is 0 Å². The predicted octanol–water partition coefficient (Wildman–Crippen LogP) is 3.59. The van der Waals surface area contributed by atoms with Gasteiger partial charge in [0, 0.05) is 43.6 Å². The van der Waals surface area contributed by atoms with Crippen molar-refractivity contribution < 1.29 is 9.90 Å². The molecule has 1 amide bonds. The van der Waals surface area contributed by atoms with Gasteiger partial charge in [0.15, 0.2) is 0 Å². The molecule has 2 aromatic rings. The third-order valence-corrected chi connectivity index (χ3v) is 4.56. The topological polar surface area (TPSA) is 77.8 Å². The molecule has 0 radical (unpaired) electrons. The summed E-state index contributed by atoms with van der Waals surface area (Å²) in [7, 11) is 3.45. The minimum absolute atomic E-state index is 0.00372. The Morgan fingerprint density at radius 3 is 2.69 bits per heavy atom. The number of nitrogens with zero attached hydrogens (tertiary/aromatic N) is 3. The first-order valence-electron chi connectivity index (χ1n) is 8.10. The van der Waals surface area contributed by atoms with Gasteiger partial charge < -0.3 is 15.3 Å². The molecule has 1 atom stereocenters. The van der Waals surface area contributed by atoms with E-state index in [-0.39, 0.29) is 17.4 Å². The third-order valence-electron chi connectivity index (χ3n) is 4.31. The number of hydrogen-bond acceptors (Lipinski definition) is 4. The Bertz CT molecular complexity index is 863.